The molecule has 2 rings (SSSR count). The molecule has 0 aliphatic carbocycles. The molecule has 2 nitrogen and oxygen atoms in total. The minimum absolute atomic E-state index is 0.00273. The third kappa shape index (κ3) is 2.02. The van der Waals surface area contributed by atoms with Crippen molar-refractivity contribution in [3.63, 3.8) is 0 Å². The smallest absolute Gasteiger partial charge is 0.250 e. The van der Waals surface area contributed by atoms with Gasteiger partial charge in [-0.1, -0.05) is 30.3 Å². The van der Waals surface area contributed by atoms with Crippen molar-refractivity contribution >= 4 is 15.9 Å². The molecule has 0 bridgehead atoms. The highest BCUT2D eigenvalue weighted by molar-refractivity contribution is 9.10. The number of aryl methyl sites for hydroxylation is 1. The molecule has 15 heavy (non-hydrogen) atoms. The average molecular weight is 264 g/mol. The Morgan fingerprint density at radius 2 is 1.87 bits per heavy atom. The van der Waals surface area contributed by atoms with Crippen LogP contribution in [-0.4, -0.2) is 4.57 Å². The van der Waals surface area contributed by atoms with Gasteiger partial charge >= 0.3 is 0 Å². The fraction of sp³-hybridized carbons (Fsp3) is 0.0833. The number of aromatic nitrogens is 1. The van der Waals surface area contributed by atoms with E-state index in [0.717, 1.165) is 15.6 Å². The Morgan fingerprint density at radius 1 is 1.20 bits per heavy atom. The molecule has 0 unspecified atom stereocenters. The molecule has 0 N–H and O–H groups in total. The van der Waals surface area contributed by atoms with E-state index >= 15 is 0 Å². The Labute approximate surface area is 96.3 Å². The Bertz CT molecular complexity index is 531. The number of hydrogen-bond donors (Lipinski definition) is 0. The lowest BCUT2D eigenvalue weighted by atomic mass is 10.1. The lowest BCUT2D eigenvalue weighted by Crippen LogP contribution is -2.14. The number of rotatable bonds is 1. The number of hydrogen-bond acceptors (Lipinski definition) is 1. The second kappa shape index (κ2) is 4.03. The van der Waals surface area contributed by atoms with E-state index in [4.69, 9.17) is 0 Å². The maximum absolute atomic E-state index is 11.5. The molecule has 76 valence electrons. The van der Waals surface area contributed by atoms with Gasteiger partial charge in [0.2, 0.25) is 0 Å². The summed E-state index contributed by atoms with van der Waals surface area (Å²) in [6.07, 6.45) is 1.78. The van der Waals surface area contributed by atoms with E-state index in [9.17, 15) is 4.79 Å². The van der Waals surface area contributed by atoms with Crippen molar-refractivity contribution in [2.45, 2.75) is 0 Å². The predicted molar refractivity (Wildman–Crippen MR) is 64.8 cm³/mol. The third-order valence-electron chi connectivity index (χ3n) is 2.26. The normalized spacial score (nSPS) is 10.3. The van der Waals surface area contributed by atoms with Crippen LogP contribution in [0.3, 0.4) is 0 Å². The lowest BCUT2D eigenvalue weighted by molar-refractivity contribution is 0.857. The van der Waals surface area contributed by atoms with Crippen molar-refractivity contribution in [2.24, 2.45) is 7.05 Å². The van der Waals surface area contributed by atoms with Crippen molar-refractivity contribution in [3.05, 3.63) is 57.4 Å². The largest absolute Gasteiger partial charge is 0.317 e. The Balaban J connectivity index is 2.64. The first-order valence-corrected chi connectivity index (χ1v) is 5.39. The second-order valence-corrected chi connectivity index (χ2v) is 4.20. The van der Waals surface area contributed by atoms with Crippen LogP contribution in [0.4, 0.5) is 0 Å². The molecular weight excluding hydrogens is 254 g/mol. The molecule has 0 radical (unpaired) electrons. The molecule has 0 aliphatic rings. The van der Waals surface area contributed by atoms with Gasteiger partial charge in [0.15, 0.2) is 0 Å². The minimum Gasteiger partial charge on any atom is -0.317 e. The van der Waals surface area contributed by atoms with Crippen LogP contribution in [0, 0.1) is 0 Å². The van der Waals surface area contributed by atoms with Gasteiger partial charge in [0.25, 0.3) is 5.56 Å². The summed E-state index contributed by atoms with van der Waals surface area (Å²) in [7, 11) is 1.74. The van der Waals surface area contributed by atoms with Gasteiger partial charge in [0, 0.05) is 29.3 Å². The summed E-state index contributed by atoms with van der Waals surface area (Å²) in [6.45, 7) is 0. The van der Waals surface area contributed by atoms with E-state index in [1.807, 2.05) is 30.3 Å². The second-order valence-electron chi connectivity index (χ2n) is 3.35. The van der Waals surface area contributed by atoms with E-state index in [-0.39, 0.29) is 5.56 Å². The molecule has 0 spiro atoms. The van der Waals surface area contributed by atoms with Crippen LogP contribution in [0.1, 0.15) is 0 Å². The number of benzene rings is 1. The number of nitrogens with zero attached hydrogens (tertiary/aromatic N) is 1. The first-order chi connectivity index (χ1) is 7.18. The molecule has 0 aliphatic heterocycles. The monoisotopic (exact) mass is 263 g/mol. The highest BCUT2D eigenvalue weighted by Crippen LogP contribution is 2.25. The van der Waals surface area contributed by atoms with Crippen LogP contribution in [0.25, 0.3) is 11.1 Å². The molecule has 3 heteroatoms. The van der Waals surface area contributed by atoms with Gasteiger partial charge in [0.05, 0.1) is 0 Å². The molecule has 1 heterocycles. The molecule has 1 aromatic carbocycles. The highest BCUT2D eigenvalue weighted by Gasteiger charge is 2.04. The predicted octanol–water partition coefficient (Wildman–Crippen LogP) is 2.81. The molecular formula is C12H10BrNO. The van der Waals surface area contributed by atoms with Crippen LogP contribution < -0.4 is 5.56 Å². The number of pyridine rings is 1. The van der Waals surface area contributed by atoms with Gasteiger partial charge in [0.1, 0.15) is 0 Å². The summed E-state index contributed by atoms with van der Waals surface area (Å²) < 4.78 is 2.48. The minimum atomic E-state index is -0.00273. The zero-order valence-electron chi connectivity index (χ0n) is 8.27. The quantitative estimate of drug-likeness (QED) is 0.776. The summed E-state index contributed by atoms with van der Waals surface area (Å²) >= 11 is 3.46. The van der Waals surface area contributed by atoms with Gasteiger partial charge in [-0.05, 0) is 21.5 Å². The SMILES string of the molecule is Cn1cc(Br)c(-c2ccccc2)cc1=O. The molecule has 1 aromatic heterocycles. The summed E-state index contributed by atoms with van der Waals surface area (Å²) in [4.78, 5) is 11.5. The fourth-order valence-corrected chi connectivity index (χ4v) is 2.09. The van der Waals surface area contributed by atoms with Crippen molar-refractivity contribution < 1.29 is 0 Å². The van der Waals surface area contributed by atoms with E-state index in [1.54, 1.807) is 23.9 Å². The Kier molecular flexibility index (Phi) is 2.73. The Morgan fingerprint density at radius 3 is 2.53 bits per heavy atom. The molecule has 0 amide bonds. The summed E-state index contributed by atoms with van der Waals surface area (Å²) in [6, 6.07) is 11.5. The zero-order chi connectivity index (χ0) is 10.8. The first-order valence-electron chi connectivity index (χ1n) is 4.60. The van der Waals surface area contributed by atoms with E-state index < -0.39 is 0 Å². The summed E-state index contributed by atoms with van der Waals surface area (Å²) in [5, 5.41) is 0. The fourth-order valence-electron chi connectivity index (χ4n) is 1.44. The van der Waals surface area contributed by atoms with Crippen LogP contribution >= 0.6 is 15.9 Å². The Hall–Kier alpha value is -1.35. The van der Waals surface area contributed by atoms with Crippen molar-refractivity contribution in [3.8, 4) is 11.1 Å². The first kappa shape index (κ1) is 10.2. The van der Waals surface area contributed by atoms with Crippen LogP contribution in [0.5, 0.6) is 0 Å². The van der Waals surface area contributed by atoms with Gasteiger partial charge in [-0.25, -0.2) is 0 Å². The van der Waals surface area contributed by atoms with Gasteiger partial charge in [-0.2, -0.15) is 0 Å². The van der Waals surface area contributed by atoms with Gasteiger partial charge < -0.3 is 4.57 Å². The molecule has 0 atom stereocenters. The maximum atomic E-state index is 11.5. The lowest BCUT2D eigenvalue weighted by Gasteiger charge is -2.05. The number of halogens is 1. The van der Waals surface area contributed by atoms with Crippen LogP contribution in [0.15, 0.2) is 51.9 Å². The molecule has 0 saturated heterocycles. The summed E-state index contributed by atoms with van der Waals surface area (Å²) in [5.41, 5.74) is 1.97. The standard InChI is InChI=1S/C12H10BrNO/c1-14-8-11(13)10(7-12(14)15)9-5-3-2-4-6-9/h2-8H,1H3. The van der Waals surface area contributed by atoms with Crippen molar-refractivity contribution in [1.29, 1.82) is 0 Å². The van der Waals surface area contributed by atoms with Crippen LogP contribution in [0.2, 0.25) is 0 Å². The zero-order valence-corrected chi connectivity index (χ0v) is 9.86. The summed E-state index contributed by atoms with van der Waals surface area (Å²) in [5.74, 6) is 0. The molecule has 0 saturated carbocycles. The van der Waals surface area contributed by atoms with Crippen LogP contribution in [-0.2, 0) is 7.05 Å². The highest BCUT2D eigenvalue weighted by atomic mass is 79.9. The van der Waals surface area contributed by atoms with Gasteiger partial charge in [-0.15, -0.1) is 0 Å². The third-order valence-corrected chi connectivity index (χ3v) is 2.90. The van der Waals surface area contributed by atoms with E-state index in [1.165, 1.54) is 0 Å². The molecule has 0 fully saturated rings. The van der Waals surface area contributed by atoms with E-state index in [2.05, 4.69) is 15.9 Å². The van der Waals surface area contributed by atoms with Crippen molar-refractivity contribution in [1.82, 2.24) is 4.57 Å². The van der Waals surface area contributed by atoms with Gasteiger partial charge in [-0.3, -0.25) is 4.79 Å². The topological polar surface area (TPSA) is 22.0 Å². The van der Waals surface area contributed by atoms with Crippen molar-refractivity contribution in [2.75, 3.05) is 0 Å². The average Bonchev–Trinajstić information content (AvgIpc) is 2.25. The maximum Gasteiger partial charge on any atom is 0.250 e. The van der Waals surface area contributed by atoms with E-state index in [0.29, 0.717) is 0 Å². The molecule has 2 aromatic rings.